The highest BCUT2D eigenvalue weighted by Gasteiger charge is 2.26. The Kier molecular flexibility index (Phi) is 6.45. The van der Waals surface area contributed by atoms with E-state index in [1.165, 1.54) is 5.56 Å². The second kappa shape index (κ2) is 9.00. The van der Waals surface area contributed by atoms with E-state index in [9.17, 15) is 4.79 Å². The zero-order chi connectivity index (χ0) is 20.1. The molecule has 0 bridgehead atoms. The van der Waals surface area contributed by atoms with Crippen molar-refractivity contribution >= 4 is 5.91 Å². The molecule has 1 amide bonds. The van der Waals surface area contributed by atoms with Crippen LogP contribution in [0.1, 0.15) is 49.4 Å². The van der Waals surface area contributed by atoms with Crippen LogP contribution in [0, 0.1) is 0 Å². The third-order valence-corrected chi connectivity index (χ3v) is 4.99. The maximum absolute atomic E-state index is 12.5. The standard InChI is InChI=1S/C23H29NO4/c1-15(2)28-18-9-5-16(6-10-18)7-12-23(25)24-20-11-8-17-13-21(26-3)22(27-4)14-19(17)20/h5-6,9-10,13-15,20H,7-8,11-12H2,1-4H3,(H,24,25)/t20-/m1/s1. The minimum atomic E-state index is 0.0316. The number of benzene rings is 2. The van der Waals surface area contributed by atoms with Crippen molar-refractivity contribution in [1.82, 2.24) is 5.32 Å². The molecule has 28 heavy (non-hydrogen) atoms. The number of carbonyl (C=O) groups excluding carboxylic acids is 1. The van der Waals surface area contributed by atoms with E-state index in [0.717, 1.165) is 35.5 Å². The summed E-state index contributed by atoms with van der Waals surface area (Å²) in [6.45, 7) is 4.01. The van der Waals surface area contributed by atoms with Crippen molar-refractivity contribution in [2.24, 2.45) is 0 Å². The van der Waals surface area contributed by atoms with E-state index in [1.54, 1.807) is 14.2 Å². The van der Waals surface area contributed by atoms with Gasteiger partial charge in [-0.1, -0.05) is 12.1 Å². The molecule has 5 nitrogen and oxygen atoms in total. The summed E-state index contributed by atoms with van der Waals surface area (Å²) < 4.78 is 16.4. The summed E-state index contributed by atoms with van der Waals surface area (Å²) in [5, 5.41) is 3.17. The quantitative estimate of drug-likeness (QED) is 0.741. The first-order chi connectivity index (χ1) is 13.5. The third-order valence-electron chi connectivity index (χ3n) is 4.99. The summed E-state index contributed by atoms with van der Waals surface area (Å²) in [6, 6.07) is 12.0. The Labute approximate surface area is 167 Å². The predicted molar refractivity (Wildman–Crippen MR) is 109 cm³/mol. The van der Waals surface area contributed by atoms with Crippen LogP contribution in [0.2, 0.25) is 0 Å². The van der Waals surface area contributed by atoms with Crippen molar-refractivity contribution in [3.05, 3.63) is 53.1 Å². The molecule has 0 saturated carbocycles. The van der Waals surface area contributed by atoms with E-state index in [0.29, 0.717) is 18.6 Å². The Morgan fingerprint density at radius 2 is 1.79 bits per heavy atom. The molecule has 5 heteroatoms. The molecule has 0 saturated heterocycles. The lowest BCUT2D eigenvalue weighted by Gasteiger charge is -2.16. The average molecular weight is 383 g/mol. The number of rotatable bonds is 8. The van der Waals surface area contributed by atoms with Crippen molar-refractivity contribution in [1.29, 1.82) is 0 Å². The highest BCUT2D eigenvalue weighted by atomic mass is 16.5. The average Bonchev–Trinajstić information content (AvgIpc) is 3.07. The van der Waals surface area contributed by atoms with Crippen molar-refractivity contribution in [3.8, 4) is 17.2 Å². The summed E-state index contributed by atoms with van der Waals surface area (Å²) in [5.74, 6) is 2.36. The lowest BCUT2D eigenvalue weighted by molar-refractivity contribution is -0.121. The first kappa shape index (κ1) is 20.1. The number of aryl methyl sites for hydroxylation is 2. The zero-order valence-corrected chi connectivity index (χ0v) is 17.1. The van der Waals surface area contributed by atoms with Crippen molar-refractivity contribution in [2.75, 3.05) is 14.2 Å². The van der Waals surface area contributed by atoms with Gasteiger partial charge in [-0.05, 0) is 74.1 Å². The van der Waals surface area contributed by atoms with Crippen LogP contribution in [0.4, 0.5) is 0 Å². The minimum absolute atomic E-state index is 0.0316. The van der Waals surface area contributed by atoms with Gasteiger partial charge in [0.05, 0.1) is 26.4 Å². The van der Waals surface area contributed by atoms with Gasteiger partial charge in [0.25, 0.3) is 0 Å². The lowest BCUT2D eigenvalue weighted by Crippen LogP contribution is -2.27. The van der Waals surface area contributed by atoms with Gasteiger partial charge >= 0.3 is 0 Å². The van der Waals surface area contributed by atoms with Crippen molar-refractivity contribution in [3.63, 3.8) is 0 Å². The fraction of sp³-hybridized carbons (Fsp3) is 0.435. The van der Waals surface area contributed by atoms with Gasteiger partial charge in [0.15, 0.2) is 11.5 Å². The number of fused-ring (bicyclic) bond motifs is 1. The Bertz CT molecular complexity index is 814. The Hall–Kier alpha value is -2.69. The molecule has 0 heterocycles. The van der Waals surface area contributed by atoms with E-state index in [2.05, 4.69) is 5.32 Å². The summed E-state index contributed by atoms with van der Waals surface area (Å²) in [7, 11) is 3.27. The molecule has 1 aliphatic rings. The van der Waals surface area contributed by atoms with Gasteiger partial charge in [-0.2, -0.15) is 0 Å². The van der Waals surface area contributed by atoms with Crippen LogP contribution in [-0.2, 0) is 17.6 Å². The fourth-order valence-corrected chi connectivity index (χ4v) is 3.61. The van der Waals surface area contributed by atoms with Crippen LogP contribution in [0.5, 0.6) is 17.2 Å². The largest absolute Gasteiger partial charge is 0.493 e. The van der Waals surface area contributed by atoms with E-state index >= 15 is 0 Å². The van der Waals surface area contributed by atoms with Gasteiger partial charge in [0, 0.05) is 6.42 Å². The number of ether oxygens (including phenoxy) is 3. The van der Waals surface area contributed by atoms with Crippen molar-refractivity contribution in [2.45, 2.75) is 51.7 Å². The molecular formula is C23H29NO4. The lowest BCUT2D eigenvalue weighted by atomic mass is 10.1. The highest BCUT2D eigenvalue weighted by Crippen LogP contribution is 2.39. The molecule has 0 fully saturated rings. The third kappa shape index (κ3) is 4.77. The molecule has 1 atom stereocenters. The van der Waals surface area contributed by atoms with Gasteiger partial charge in [-0.15, -0.1) is 0 Å². The van der Waals surface area contributed by atoms with E-state index in [1.807, 2.05) is 50.2 Å². The highest BCUT2D eigenvalue weighted by molar-refractivity contribution is 5.77. The van der Waals surface area contributed by atoms with Crippen LogP contribution < -0.4 is 19.5 Å². The molecule has 150 valence electrons. The number of carbonyl (C=O) groups is 1. The van der Waals surface area contributed by atoms with Crippen molar-refractivity contribution < 1.29 is 19.0 Å². The van der Waals surface area contributed by atoms with Crippen LogP contribution >= 0.6 is 0 Å². The molecule has 0 unspecified atom stereocenters. The summed E-state index contributed by atoms with van der Waals surface area (Å²) >= 11 is 0. The molecule has 0 aromatic heterocycles. The summed E-state index contributed by atoms with van der Waals surface area (Å²) in [6.07, 6.45) is 3.16. The molecule has 3 rings (SSSR count). The van der Waals surface area contributed by atoms with Crippen LogP contribution in [0.15, 0.2) is 36.4 Å². The first-order valence-electron chi connectivity index (χ1n) is 9.80. The second-order valence-electron chi connectivity index (χ2n) is 7.38. The maximum Gasteiger partial charge on any atom is 0.220 e. The number of amides is 1. The SMILES string of the molecule is COc1cc2c(cc1OC)[C@H](NC(=O)CCc1ccc(OC(C)C)cc1)CC2. The number of methoxy groups -OCH3 is 2. The predicted octanol–water partition coefficient (Wildman–Crippen LogP) is 4.23. The topological polar surface area (TPSA) is 56.8 Å². The first-order valence-corrected chi connectivity index (χ1v) is 9.80. The minimum Gasteiger partial charge on any atom is -0.493 e. The van der Waals surface area contributed by atoms with Gasteiger partial charge < -0.3 is 19.5 Å². The Balaban J connectivity index is 1.56. The number of hydrogen-bond donors (Lipinski definition) is 1. The Morgan fingerprint density at radius 3 is 2.43 bits per heavy atom. The van der Waals surface area contributed by atoms with E-state index in [-0.39, 0.29) is 18.1 Å². The summed E-state index contributed by atoms with van der Waals surface area (Å²) in [5.41, 5.74) is 3.47. The molecule has 2 aromatic rings. The second-order valence-corrected chi connectivity index (χ2v) is 7.38. The maximum atomic E-state index is 12.5. The van der Waals surface area contributed by atoms with Gasteiger partial charge in [-0.3, -0.25) is 4.79 Å². The zero-order valence-electron chi connectivity index (χ0n) is 17.1. The smallest absolute Gasteiger partial charge is 0.220 e. The van der Waals surface area contributed by atoms with Gasteiger partial charge in [0.2, 0.25) is 5.91 Å². The number of nitrogens with one attached hydrogen (secondary N) is 1. The molecule has 1 aliphatic carbocycles. The fourth-order valence-electron chi connectivity index (χ4n) is 3.61. The molecule has 1 N–H and O–H groups in total. The van der Waals surface area contributed by atoms with Crippen LogP contribution in [-0.4, -0.2) is 26.2 Å². The molecule has 0 spiro atoms. The monoisotopic (exact) mass is 383 g/mol. The number of hydrogen-bond acceptors (Lipinski definition) is 4. The molecular weight excluding hydrogens is 354 g/mol. The van der Waals surface area contributed by atoms with Gasteiger partial charge in [-0.25, -0.2) is 0 Å². The van der Waals surface area contributed by atoms with Crippen LogP contribution in [0.25, 0.3) is 0 Å². The van der Waals surface area contributed by atoms with E-state index < -0.39 is 0 Å². The van der Waals surface area contributed by atoms with E-state index in [4.69, 9.17) is 14.2 Å². The molecule has 2 aromatic carbocycles. The summed E-state index contributed by atoms with van der Waals surface area (Å²) in [4.78, 5) is 12.5. The molecule has 0 radical (unpaired) electrons. The van der Waals surface area contributed by atoms with Crippen LogP contribution in [0.3, 0.4) is 0 Å². The normalized spacial score (nSPS) is 15.2. The molecule has 0 aliphatic heterocycles. The van der Waals surface area contributed by atoms with Gasteiger partial charge in [0.1, 0.15) is 5.75 Å². The Morgan fingerprint density at radius 1 is 1.11 bits per heavy atom.